The van der Waals surface area contributed by atoms with Gasteiger partial charge in [-0.25, -0.2) is 4.79 Å². The summed E-state index contributed by atoms with van der Waals surface area (Å²) in [7, 11) is 0. The molecule has 1 aromatic carbocycles. The number of carbonyl (C=O) groups excluding carboxylic acids is 1. The first-order valence-electron chi connectivity index (χ1n) is 5.20. The van der Waals surface area contributed by atoms with Gasteiger partial charge in [0.05, 0.1) is 0 Å². The van der Waals surface area contributed by atoms with Crippen LogP contribution >= 0.6 is 0 Å². The highest BCUT2D eigenvalue weighted by atomic mass is 16.7. The summed E-state index contributed by atoms with van der Waals surface area (Å²) in [6, 6.07) is 7.41. The summed E-state index contributed by atoms with van der Waals surface area (Å²) in [4.78, 5) is 11.0. The standard InChI is InChI=1S/C13H17O3/c1-5-15-12(14)16-11-8-6-10(7-9-11)13(2,3)4/h5-9H,1-4H3. The van der Waals surface area contributed by atoms with Crippen molar-refractivity contribution in [1.29, 1.82) is 0 Å². The number of ether oxygens (including phenoxy) is 2. The summed E-state index contributed by atoms with van der Waals surface area (Å²) < 4.78 is 9.49. The van der Waals surface area contributed by atoms with E-state index in [0.717, 1.165) is 0 Å². The molecule has 0 unspecified atom stereocenters. The molecule has 0 amide bonds. The third-order valence-electron chi connectivity index (χ3n) is 2.14. The average Bonchev–Trinajstić information content (AvgIpc) is 2.17. The molecule has 0 spiro atoms. The maximum absolute atomic E-state index is 11.0. The van der Waals surface area contributed by atoms with Crippen LogP contribution in [0.25, 0.3) is 0 Å². The van der Waals surface area contributed by atoms with Crippen LogP contribution < -0.4 is 4.74 Å². The molecule has 0 bridgehead atoms. The van der Waals surface area contributed by atoms with Crippen LogP contribution in [0.3, 0.4) is 0 Å². The minimum atomic E-state index is -0.717. The lowest BCUT2D eigenvalue weighted by molar-refractivity contribution is 0.124. The van der Waals surface area contributed by atoms with Gasteiger partial charge < -0.3 is 9.47 Å². The van der Waals surface area contributed by atoms with Crippen molar-refractivity contribution in [3.63, 3.8) is 0 Å². The molecule has 0 aromatic heterocycles. The van der Waals surface area contributed by atoms with Gasteiger partial charge in [0, 0.05) is 0 Å². The van der Waals surface area contributed by atoms with Crippen LogP contribution in [0, 0.1) is 6.61 Å². The van der Waals surface area contributed by atoms with Gasteiger partial charge in [0.1, 0.15) is 12.4 Å². The molecule has 0 fully saturated rings. The smallest absolute Gasteiger partial charge is 0.427 e. The summed E-state index contributed by atoms with van der Waals surface area (Å²) in [6.45, 7) is 9.28. The van der Waals surface area contributed by atoms with E-state index in [2.05, 4.69) is 25.5 Å². The normalized spacial score (nSPS) is 11.0. The first kappa shape index (κ1) is 12.6. The van der Waals surface area contributed by atoms with E-state index >= 15 is 0 Å². The molecule has 1 rings (SSSR count). The van der Waals surface area contributed by atoms with Crippen molar-refractivity contribution in [3.8, 4) is 5.75 Å². The number of carbonyl (C=O) groups is 1. The zero-order valence-electron chi connectivity index (χ0n) is 10.1. The molecule has 0 aliphatic heterocycles. The van der Waals surface area contributed by atoms with Crippen molar-refractivity contribution in [3.05, 3.63) is 36.4 Å². The van der Waals surface area contributed by atoms with Crippen LogP contribution in [-0.2, 0) is 10.2 Å². The second-order valence-corrected chi connectivity index (χ2v) is 4.48. The van der Waals surface area contributed by atoms with Crippen molar-refractivity contribution in [2.45, 2.75) is 33.1 Å². The second kappa shape index (κ2) is 5.01. The summed E-state index contributed by atoms with van der Waals surface area (Å²) in [5.74, 6) is 0.486. The van der Waals surface area contributed by atoms with E-state index in [9.17, 15) is 4.79 Å². The topological polar surface area (TPSA) is 35.5 Å². The van der Waals surface area contributed by atoms with Gasteiger partial charge in [0.25, 0.3) is 0 Å². The summed E-state index contributed by atoms with van der Waals surface area (Å²) in [5.41, 5.74) is 1.28. The lowest BCUT2D eigenvalue weighted by atomic mass is 9.87. The number of rotatable bonds is 2. The fourth-order valence-electron chi connectivity index (χ4n) is 1.24. The zero-order valence-corrected chi connectivity index (χ0v) is 10.1. The molecule has 0 saturated carbocycles. The second-order valence-electron chi connectivity index (χ2n) is 4.48. The van der Waals surface area contributed by atoms with Crippen molar-refractivity contribution < 1.29 is 14.3 Å². The van der Waals surface area contributed by atoms with Gasteiger partial charge in [-0.2, -0.15) is 0 Å². The van der Waals surface area contributed by atoms with Gasteiger partial charge in [-0.3, -0.25) is 0 Å². The fraction of sp³-hybridized carbons (Fsp3) is 0.385. The lowest BCUT2D eigenvalue weighted by Crippen LogP contribution is -2.11. The van der Waals surface area contributed by atoms with Crippen LogP contribution in [0.1, 0.15) is 33.3 Å². The number of hydrogen-bond donors (Lipinski definition) is 0. The summed E-state index contributed by atoms with van der Waals surface area (Å²) in [5, 5.41) is 0. The van der Waals surface area contributed by atoms with Crippen molar-refractivity contribution >= 4 is 6.16 Å². The van der Waals surface area contributed by atoms with Crippen LogP contribution in [0.15, 0.2) is 24.3 Å². The predicted molar refractivity (Wildman–Crippen MR) is 62.2 cm³/mol. The molecule has 1 aromatic rings. The Morgan fingerprint density at radius 3 is 2.19 bits per heavy atom. The van der Waals surface area contributed by atoms with E-state index in [1.54, 1.807) is 19.1 Å². The van der Waals surface area contributed by atoms with Gasteiger partial charge in [0.15, 0.2) is 0 Å². The molecule has 16 heavy (non-hydrogen) atoms. The van der Waals surface area contributed by atoms with Crippen LogP contribution in [0.2, 0.25) is 0 Å². The Morgan fingerprint density at radius 2 is 1.75 bits per heavy atom. The maximum atomic E-state index is 11.0. The van der Waals surface area contributed by atoms with Crippen LogP contribution in [-0.4, -0.2) is 6.16 Å². The third kappa shape index (κ3) is 3.57. The predicted octanol–water partition coefficient (Wildman–Crippen LogP) is 3.68. The number of hydrogen-bond acceptors (Lipinski definition) is 3. The van der Waals surface area contributed by atoms with Crippen molar-refractivity contribution in [2.75, 3.05) is 0 Å². The molecule has 0 saturated heterocycles. The Labute approximate surface area is 96.4 Å². The highest BCUT2D eigenvalue weighted by molar-refractivity contribution is 5.64. The third-order valence-corrected chi connectivity index (χ3v) is 2.14. The van der Waals surface area contributed by atoms with Gasteiger partial charge in [-0.1, -0.05) is 32.9 Å². The molecular formula is C13H17O3. The Kier molecular flexibility index (Phi) is 3.93. The van der Waals surface area contributed by atoms with E-state index in [1.165, 1.54) is 12.2 Å². The van der Waals surface area contributed by atoms with Gasteiger partial charge in [-0.05, 0) is 30.0 Å². The van der Waals surface area contributed by atoms with Gasteiger partial charge >= 0.3 is 6.16 Å². The van der Waals surface area contributed by atoms with Crippen molar-refractivity contribution in [2.24, 2.45) is 0 Å². The first-order chi connectivity index (χ1) is 7.43. The fourth-order valence-corrected chi connectivity index (χ4v) is 1.24. The molecule has 1 radical (unpaired) electrons. The summed E-state index contributed by atoms with van der Waals surface area (Å²) >= 11 is 0. The zero-order chi connectivity index (χ0) is 12.2. The molecule has 0 N–H and O–H groups in total. The van der Waals surface area contributed by atoms with E-state index < -0.39 is 6.16 Å². The lowest BCUT2D eigenvalue weighted by Gasteiger charge is -2.18. The molecule has 0 aliphatic rings. The van der Waals surface area contributed by atoms with E-state index in [0.29, 0.717) is 5.75 Å². The minimum absolute atomic E-state index is 0.0935. The quantitative estimate of drug-likeness (QED) is 0.564. The Morgan fingerprint density at radius 1 is 1.19 bits per heavy atom. The van der Waals surface area contributed by atoms with Crippen molar-refractivity contribution in [1.82, 2.24) is 0 Å². The SMILES string of the molecule is C[CH]OC(=O)Oc1ccc(C(C)(C)C)cc1. The van der Waals surface area contributed by atoms with Gasteiger partial charge in [0.2, 0.25) is 0 Å². The van der Waals surface area contributed by atoms with Crippen LogP contribution in [0.4, 0.5) is 4.79 Å². The van der Waals surface area contributed by atoms with E-state index in [-0.39, 0.29) is 5.41 Å². The van der Waals surface area contributed by atoms with Crippen LogP contribution in [0.5, 0.6) is 5.75 Å². The average molecular weight is 221 g/mol. The molecular weight excluding hydrogens is 204 g/mol. The first-order valence-corrected chi connectivity index (χ1v) is 5.20. The molecule has 0 aliphatic carbocycles. The molecule has 0 atom stereocenters. The Hall–Kier alpha value is -1.51. The minimum Gasteiger partial charge on any atom is -0.427 e. The highest BCUT2D eigenvalue weighted by Gasteiger charge is 2.13. The number of benzene rings is 1. The largest absolute Gasteiger partial charge is 0.514 e. The molecule has 3 nitrogen and oxygen atoms in total. The Bertz CT molecular complexity index is 346. The molecule has 87 valence electrons. The monoisotopic (exact) mass is 221 g/mol. The van der Waals surface area contributed by atoms with E-state index in [4.69, 9.17) is 4.74 Å². The molecule has 3 heteroatoms. The van der Waals surface area contributed by atoms with E-state index in [1.807, 2.05) is 12.1 Å². The Balaban J connectivity index is 2.69. The molecule has 0 heterocycles. The summed E-state index contributed by atoms with van der Waals surface area (Å²) in [6.07, 6.45) is -0.717. The van der Waals surface area contributed by atoms with Gasteiger partial charge in [-0.15, -0.1) is 0 Å². The highest BCUT2D eigenvalue weighted by Crippen LogP contribution is 2.24. The maximum Gasteiger partial charge on any atom is 0.514 e.